The lowest BCUT2D eigenvalue weighted by molar-refractivity contribution is 1.24. The number of nitrogens with zero attached hydrogens (tertiary/aromatic N) is 6. The Hall–Kier alpha value is -8.22. The predicted octanol–water partition coefficient (Wildman–Crippen LogP) is 13.0. The molecular formula is C54H40N6. The summed E-state index contributed by atoms with van der Waals surface area (Å²) in [5, 5.41) is 0. The number of rotatable bonds is 13. The van der Waals surface area contributed by atoms with Crippen molar-refractivity contribution >= 4 is 60.8 Å². The molecule has 8 aromatic rings. The second kappa shape index (κ2) is 18.8. The van der Waals surface area contributed by atoms with Gasteiger partial charge in [-0.25, -0.2) is 0 Å². The molecule has 0 radical (unpaired) electrons. The number of pyridine rings is 6. The Balaban J connectivity index is 0.804. The first-order chi connectivity index (χ1) is 29.6. The van der Waals surface area contributed by atoms with Gasteiger partial charge in [-0.05, 0) is 92.0 Å². The summed E-state index contributed by atoms with van der Waals surface area (Å²) in [7, 11) is 0. The van der Waals surface area contributed by atoms with Crippen LogP contribution in [0.2, 0.25) is 0 Å². The van der Waals surface area contributed by atoms with Crippen LogP contribution in [-0.2, 0) is 0 Å². The first kappa shape index (κ1) is 38.6. The molecule has 0 aliphatic heterocycles. The van der Waals surface area contributed by atoms with Gasteiger partial charge in [-0.3, -0.25) is 29.9 Å². The van der Waals surface area contributed by atoms with E-state index in [-0.39, 0.29) is 0 Å². The fourth-order valence-electron chi connectivity index (χ4n) is 6.18. The molecule has 0 atom stereocenters. The molecular weight excluding hydrogens is 733 g/mol. The number of hydrogen-bond acceptors (Lipinski definition) is 6. The maximum Gasteiger partial charge on any atom is 0.0886 e. The zero-order chi connectivity index (χ0) is 40.9. The third-order valence-electron chi connectivity index (χ3n) is 9.72. The first-order valence-corrected chi connectivity index (χ1v) is 19.5. The van der Waals surface area contributed by atoms with Crippen LogP contribution in [0.25, 0.3) is 94.9 Å². The van der Waals surface area contributed by atoms with Gasteiger partial charge in [0.1, 0.15) is 0 Å². The summed E-state index contributed by atoms with van der Waals surface area (Å²) < 4.78 is 0. The fourth-order valence-corrected chi connectivity index (χ4v) is 6.18. The molecule has 0 fully saturated rings. The first-order valence-electron chi connectivity index (χ1n) is 19.5. The molecule has 0 spiro atoms. The molecule has 0 aliphatic carbocycles. The van der Waals surface area contributed by atoms with E-state index in [1.165, 1.54) is 0 Å². The molecule has 8 rings (SSSR count). The summed E-state index contributed by atoms with van der Waals surface area (Å²) in [5.74, 6) is 0. The Morgan fingerprint density at radius 3 is 0.550 bits per heavy atom. The van der Waals surface area contributed by atoms with Crippen molar-refractivity contribution in [2.24, 2.45) is 0 Å². The Morgan fingerprint density at radius 2 is 0.383 bits per heavy atom. The lowest BCUT2D eigenvalue weighted by atomic mass is 10.1. The van der Waals surface area contributed by atoms with Gasteiger partial charge in [-0.15, -0.1) is 0 Å². The van der Waals surface area contributed by atoms with E-state index in [1.807, 2.05) is 85.5 Å². The molecule has 0 aliphatic rings. The summed E-state index contributed by atoms with van der Waals surface area (Å²) in [6.07, 6.45) is 31.2. The van der Waals surface area contributed by atoms with Crippen molar-refractivity contribution < 1.29 is 0 Å². The monoisotopic (exact) mass is 772 g/mol. The molecule has 0 bridgehead atoms. The van der Waals surface area contributed by atoms with Gasteiger partial charge in [-0.2, -0.15) is 0 Å². The highest BCUT2D eigenvalue weighted by molar-refractivity contribution is 5.75. The summed E-state index contributed by atoms with van der Waals surface area (Å²) in [6.45, 7) is 7.56. The lowest BCUT2D eigenvalue weighted by Gasteiger charge is -2.02. The van der Waals surface area contributed by atoms with E-state index in [1.54, 1.807) is 24.5 Å². The van der Waals surface area contributed by atoms with Crippen LogP contribution in [-0.4, -0.2) is 29.9 Å². The minimum Gasteiger partial charge on any atom is -0.254 e. The van der Waals surface area contributed by atoms with Crippen molar-refractivity contribution in [2.45, 2.75) is 0 Å². The minimum absolute atomic E-state index is 0.827. The minimum atomic E-state index is 0.827. The van der Waals surface area contributed by atoms with Gasteiger partial charge in [0.15, 0.2) is 0 Å². The van der Waals surface area contributed by atoms with E-state index in [2.05, 4.69) is 152 Å². The van der Waals surface area contributed by atoms with Crippen LogP contribution in [0.1, 0.15) is 55.6 Å². The largest absolute Gasteiger partial charge is 0.254 e. The van der Waals surface area contributed by atoms with E-state index in [9.17, 15) is 0 Å². The van der Waals surface area contributed by atoms with Crippen molar-refractivity contribution in [1.82, 2.24) is 29.9 Å². The highest BCUT2D eigenvalue weighted by atomic mass is 14.8. The molecule has 0 saturated heterocycles. The third-order valence-corrected chi connectivity index (χ3v) is 9.72. The Bertz CT molecular complexity index is 2600. The van der Waals surface area contributed by atoms with Crippen LogP contribution in [0.15, 0.2) is 172 Å². The van der Waals surface area contributed by atoms with Crippen LogP contribution in [0, 0.1) is 0 Å². The second-order valence-electron chi connectivity index (χ2n) is 13.9. The van der Waals surface area contributed by atoms with Gasteiger partial charge >= 0.3 is 0 Å². The van der Waals surface area contributed by atoms with Crippen molar-refractivity contribution in [2.75, 3.05) is 0 Å². The molecule has 0 amide bonds. The zero-order valence-electron chi connectivity index (χ0n) is 32.9. The van der Waals surface area contributed by atoms with Crippen LogP contribution in [0.3, 0.4) is 0 Å². The molecule has 2 aromatic carbocycles. The van der Waals surface area contributed by atoms with Gasteiger partial charge in [0.05, 0.1) is 34.2 Å². The van der Waals surface area contributed by atoms with Gasteiger partial charge in [0.25, 0.3) is 0 Å². The number of benzene rings is 2. The average molecular weight is 773 g/mol. The molecule has 60 heavy (non-hydrogen) atoms. The summed E-state index contributed by atoms with van der Waals surface area (Å²) in [4.78, 5) is 27.5. The predicted molar refractivity (Wildman–Crippen MR) is 251 cm³/mol. The van der Waals surface area contributed by atoms with Crippen LogP contribution in [0.5, 0.6) is 0 Å². The Morgan fingerprint density at radius 1 is 0.217 bits per heavy atom. The van der Waals surface area contributed by atoms with E-state index in [0.717, 1.165) is 89.8 Å². The quantitative estimate of drug-likeness (QED) is 0.116. The van der Waals surface area contributed by atoms with E-state index < -0.39 is 0 Å². The topological polar surface area (TPSA) is 77.3 Å². The van der Waals surface area contributed by atoms with Gasteiger partial charge in [0, 0.05) is 37.2 Å². The standard InChI is InChI=1S/C54H40N6/c1-3-39-21-27-49(55-33-39)51-29-23-45(35-57-51)17-13-41-5-9-43(10-6-41)15-19-47-25-31-53(59-37-47)54-32-26-48(38-60-54)20-16-44-11-7-42(8-12-44)14-18-46-24-30-52(58-36-46)50-28-22-40(4-2)34-56-50/h3-38H,1-2H2/b17-13+,18-14+,19-15+,20-16+. The molecule has 0 saturated carbocycles. The summed E-state index contributed by atoms with van der Waals surface area (Å²) >= 11 is 0. The van der Waals surface area contributed by atoms with E-state index >= 15 is 0 Å². The van der Waals surface area contributed by atoms with Crippen LogP contribution >= 0.6 is 0 Å². The average Bonchev–Trinajstić information content (AvgIpc) is 3.33. The Kier molecular flexibility index (Phi) is 12.1. The van der Waals surface area contributed by atoms with Gasteiger partial charge in [-0.1, -0.05) is 159 Å². The normalized spacial score (nSPS) is 11.5. The molecule has 6 heteroatoms. The SMILES string of the molecule is C=Cc1ccc(-c2ccc(/C=C/c3ccc(/C=C/c4ccc(-c5ccc(/C=C/c6ccc(/C=C/c7ccc(-c8ccc(C=C)cn8)nc7)cc6)cn5)nc4)cc3)cn2)nc1. The zero-order valence-corrected chi connectivity index (χ0v) is 32.9. The molecule has 6 heterocycles. The van der Waals surface area contributed by atoms with Crippen LogP contribution in [0.4, 0.5) is 0 Å². The van der Waals surface area contributed by atoms with Crippen molar-refractivity contribution in [3.8, 4) is 34.2 Å². The third kappa shape index (κ3) is 10.2. The van der Waals surface area contributed by atoms with Gasteiger partial charge in [0.2, 0.25) is 0 Å². The highest BCUT2D eigenvalue weighted by Gasteiger charge is 2.04. The van der Waals surface area contributed by atoms with Crippen molar-refractivity contribution in [3.05, 3.63) is 227 Å². The lowest BCUT2D eigenvalue weighted by Crippen LogP contribution is -1.88. The van der Waals surface area contributed by atoms with E-state index in [4.69, 9.17) is 0 Å². The molecule has 0 unspecified atom stereocenters. The van der Waals surface area contributed by atoms with E-state index in [0.29, 0.717) is 0 Å². The molecule has 6 nitrogen and oxygen atoms in total. The molecule has 6 aromatic heterocycles. The summed E-state index contributed by atoms with van der Waals surface area (Å²) in [6, 6.07) is 40.9. The maximum absolute atomic E-state index is 4.68. The summed E-state index contributed by atoms with van der Waals surface area (Å²) in [5.41, 5.74) is 15.5. The molecule has 286 valence electrons. The highest BCUT2D eigenvalue weighted by Crippen LogP contribution is 2.21. The van der Waals surface area contributed by atoms with Crippen LogP contribution < -0.4 is 0 Å². The van der Waals surface area contributed by atoms with Gasteiger partial charge < -0.3 is 0 Å². The Labute approximate surface area is 350 Å². The molecule has 0 N–H and O–H groups in total. The second-order valence-corrected chi connectivity index (χ2v) is 13.9. The van der Waals surface area contributed by atoms with Crippen molar-refractivity contribution in [1.29, 1.82) is 0 Å². The number of aromatic nitrogens is 6. The number of hydrogen-bond donors (Lipinski definition) is 0. The smallest absolute Gasteiger partial charge is 0.0886 e. The maximum atomic E-state index is 4.68. The van der Waals surface area contributed by atoms with Crippen molar-refractivity contribution in [3.63, 3.8) is 0 Å². The fraction of sp³-hybridized carbons (Fsp3) is 0.